The lowest BCUT2D eigenvalue weighted by molar-refractivity contribution is 0.155. The summed E-state index contributed by atoms with van der Waals surface area (Å²) in [4.78, 5) is 22.7. The van der Waals surface area contributed by atoms with Gasteiger partial charge in [0, 0.05) is 13.6 Å². The number of nitrogens with one attached hydrogen (secondary N) is 1. The van der Waals surface area contributed by atoms with Gasteiger partial charge in [0.25, 0.3) is 0 Å². The van der Waals surface area contributed by atoms with Gasteiger partial charge < -0.3 is 20.7 Å². The zero-order valence-electron chi connectivity index (χ0n) is 7.87. The molecule has 0 aliphatic rings. The van der Waals surface area contributed by atoms with Gasteiger partial charge in [0.2, 0.25) is 0 Å². The summed E-state index contributed by atoms with van der Waals surface area (Å²) in [5.74, 6) is 0. The van der Waals surface area contributed by atoms with Crippen molar-refractivity contribution in [1.29, 1.82) is 0 Å². The van der Waals surface area contributed by atoms with Crippen LogP contribution in [0.15, 0.2) is 0 Å². The molecule has 0 atom stereocenters. The molecule has 0 heterocycles. The largest absolute Gasteiger partial charge is 0.448 e. The van der Waals surface area contributed by atoms with E-state index in [0.29, 0.717) is 6.54 Å². The predicted octanol–water partition coefficient (Wildman–Crippen LogP) is -0.257. The summed E-state index contributed by atoms with van der Waals surface area (Å²) in [6.45, 7) is 2.85. The van der Waals surface area contributed by atoms with Crippen LogP contribution in [0, 0.1) is 0 Å². The minimum atomic E-state index is -0.835. The maximum Gasteiger partial charge on any atom is 0.404 e. The van der Waals surface area contributed by atoms with Crippen LogP contribution < -0.4 is 11.1 Å². The molecule has 0 fully saturated rings. The maximum atomic E-state index is 11.1. The highest BCUT2D eigenvalue weighted by Gasteiger charge is 2.04. The number of ether oxygens (including phenoxy) is 1. The number of carbonyl (C=O) groups is 2. The second-order valence-electron chi connectivity index (χ2n) is 2.41. The molecule has 0 radical (unpaired) electrons. The molecule has 76 valence electrons. The first kappa shape index (κ1) is 11.5. The zero-order chi connectivity index (χ0) is 10.3. The van der Waals surface area contributed by atoms with Crippen LogP contribution in [0.1, 0.15) is 6.92 Å². The number of nitrogens with zero attached hydrogens (tertiary/aromatic N) is 1. The first-order chi connectivity index (χ1) is 6.07. The van der Waals surface area contributed by atoms with Crippen molar-refractivity contribution >= 4 is 12.1 Å². The Balaban J connectivity index is 3.42. The van der Waals surface area contributed by atoms with E-state index < -0.39 is 6.09 Å². The van der Waals surface area contributed by atoms with Crippen LogP contribution in [0.5, 0.6) is 0 Å². The van der Waals surface area contributed by atoms with E-state index in [1.54, 1.807) is 7.05 Å². The third-order valence-electron chi connectivity index (χ3n) is 1.44. The van der Waals surface area contributed by atoms with Gasteiger partial charge in [-0.15, -0.1) is 0 Å². The van der Waals surface area contributed by atoms with E-state index in [1.807, 2.05) is 6.92 Å². The number of urea groups is 1. The number of primary amides is 1. The van der Waals surface area contributed by atoms with Gasteiger partial charge in [-0.2, -0.15) is 0 Å². The van der Waals surface area contributed by atoms with Crippen LogP contribution in [0.2, 0.25) is 0 Å². The number of hydrogen-bond acceptors (Lipinski definition) is 3. The van der Waals surface area contributed by atoms with E-state index in [9.17, 15) is 9.59 Å². The third kappa shape index (κ3) is 5.77. The number of rotatable bonds is 4. The minimum Gasteiger partial charge on any atom is -0.448 e. The van der Waals surface area contributed by atoms with Crippen LogP contribution in [0.4, 0.5) is 9.59 Å². The molecule has 0 unspecified atom stereocenters. The highest BCUT2D eigenvalue weighted by atomic mass is 16.5. The van der Waals surface area contributed by atoms with Crippen LogP contribution in [-0.4, -0.2) is 43.8 Å². The van der Waals surface area contributed by atoms with Gasteiger partial charge >= 0.3 is 12.1 Å². The van der Waals surface area contributed by atoms with Crippen molar-refractivity contribution in [2.75, 3.05) is 26.7 Å². The van der Waals surface area contributed by atoms with Crippen molar-refractivity contribution in [2.45, 2.75) is 6.92 Å². The van der Waals surface area contributed by atoms with Gasteiger partial charge in [0.15, 0.2) is 0 Å². The molecule has 0 saturated carbocycles. The fourth-order valence-electron chi connectivity index (χ4n) is 0.588. The maximum absolute atomic E-state index is 11.1. The number of hydrogen-bond donors (Lipinski definition) is 2. The van der Waals surface area contributed by atoms with Crippen molar-refractivity contribution in [3.63, 3.8) is 0 Å². The average Bonchev–Trinajstić information content (AvgIpc) is 2.10. The molecule has 0 bridgehead atoms. The first-order valence-electron chi connectivity index (χ1n) is 3.99. The third-order valence-corrected chi connectivity index (χ3v) is 1.44. The van der Waals surface area contributed by atoms with Crippen molar-refractivity contribution in [1.82, 2.24) is 10.2 Å². The first-order valence-corrected chi connectivity index (χ1v) is 3.99. The summed E-state index contributed by atoms with van der Waals surface area (Å²) in [5.41, 5.74) is 4.71. The van der Waals surface area contributed by atoms with Gasteiger partial charge in [-0.1, -0.05) is 0 Å². The normalized spacial score (nSPS) is 9.08. The second kappa shape index (κ2) is 6.10. The zero-order valence-corrected chi connectivity index (χ0v) is 7.87. The molecule has 0 aliphatic heterocycles. The molecule has 6 heteroatoms. The number of amides is 3. The van der Waals surface area contributed by atoms with Crippen LogP contribution >= 0.6 is 0 Å². The SMILES string of the molecule is CCN(C)C(=O)NCCOC(N)=O. The summed E-state index contributed by atoms with van der Waals surface area (Å²) in [6.07, 6.45) is -0.835. The Morgan fingerprint density at radius 2 is 2.15 bits per heavy atom. The van der Waals surface area contributed by atoms with Crippen LogP contribution in [-0.2, 0) is 4.74 Å². The minimum absolute atomic E-state index is 0.0959. The van der Waals surface area contributed by atoms with E-state index in [2.05, 4.69) is 10.1 Å². The highest BCUT2D eigenvalue weighted by molar-refractivity contribution is 5.73. The van der Waals surface area contributed by atoms with Crippen LogP contribution in [0.25, 0.3) is 0 Å². The lowest BCUT2D eigenvalue weighted by atomic mass is 10.6. The average molecular weight is 189 g/mol. The van der Waals surface area contributed by atoms with Gasteiger partial charge in [0.1, 0.15) is 6.61 Å². The molecule has 13 heavy (non-hydrogen) atoms. The topological polar surface area (TPSA) is 84.7 Å². The lowest BCUT2D eigenvalue weighted by Crippen LogP contribution is -2.39. The van der Waals surface area contributed by atoms with Crippen LogP contribution in [0.3, 0.4) is 0 Å². The van der Waals surface area contributed by atoms with Crippen molar-refractivity contribution < 1.29 is 14.3 Å². The van der Waals surface area contributed by atoms with Crippen molar-refractivity contribution in [2.24, 2.45) is 5.73 Å². The Morgan fingerprint density at radius 1 is 1.54 bits per heavy atom. The molecular weight excluding hydrogens is 174 g/mol. The molecule has 0 rings (SSSR count). The van der Waals surface area contributed by atoms with Gasteiger partial charge in [-0.3, -0.25) is 0 Å². The van der Waals surface area contributed by atoms with Gasteiger partial charge in [-0.05, 0) is 6.92 Å². The fourth-order valence-corrected chi connectivity index (χ4v) is 0.588. The molecule has 3 N–H and O–H groups in total. The number of carbonyl (C=O) groups excluding carboxylic acids is 2. The molecule has 6 nitrogen and oxygen atoms in total. The molecular formula is C7H15N3O3. The highest BCUT2D eigenvalue weighted by Crippen LogP contribution is 1.81. The molecule has 0 spiro atoms. The number of nitrogens with two attached hydrogens (primary N) is 1. The smallest absolute Gasteiger partial charge is 0.404 e. The Morgan fingerprint density at radius 3 is 2.62 bits per heavy atom. The van der Waals surface area contributed by atoms with E-state index in [0.717, 1.165) is 0 Å². The Labute approximate surface area is 77.0 Å². The monoisotopic (exact) mass is 189 g/mol. The van der Waals surface area contributed by atoms with Crippen molar-refractivity contribution in [3.8, 4) is 0 Å². The van der Waals surface area contributed by atoms with Gasteiger partial charge in [0.05, 0.1) is 6.54 Å². The second-order valence-corrected chi connectivity index (χ2v) is 2.41. The van der Waals surface area contributed by atoms with E-state index in [1.165, 1.54) is 4.90 Å². The molecule has 0 aromatic rings. The van der Waals surface area contributed by atoms with E-state index in [-0.39, 0.29) is 19.2 Å². The standard InChI is InChI=1S/C7H15N3O3/c1-3-10(2)7(12)9-4-5-13-6(8)11/h3-5H2,1-2H3,(H2,8,11)(H,9,12). The lowest BCUT2D eigenvalue weighted by Gasteiger charge is -2.14. The Kier molecular flexibility index (Phi) is 5.42. The summed E-state index contributed by atoms with van der Waals surface area (Å²) in [6, 6.07) is -0.199. The van der Waals surface area contributed by atoms with E-state index >= 15 is 0 Å². The quantitative estimate of drug-likeness (QED) is 0.598. The van der Waals surface area contributed by atoms with Gasteiger partial charge in [-0.25, -0.2) is 9.59 Å². The Hall–Kier alpha value is -1.46. The van der Waals surface area contributed by atoms with Crippen molar-refractivity contribution in [3.05, 3.63) is 0 Å². The fraction of sp³-hybridized carbons (Fsp3) is 0.714. The summed E-state index contributed by atoms with van der Waals surface area (Å²) < 4.78 is 4.41. The van der Waals surface area contributed by atoms with E-state index in [4.69, 9.17) is 5.73 Å². The Bertz CT molecular complexity index is 184. The molecule has 0 saturated heterocycles. The molecule has 0 aromatic carbocycles. The summed E-state index contributed by atoms with van der Waals surface area (Å²) in [5, 5.41) is 2.54. The summed E-state index contributed by atoms with van der Waals surface area (Å²) >= 11 is 0. The predicted molar refractivity (Wildman–Crippen MR) is 47.2 cm³/mol. The molecule has 3 amide bonds. The molecule has 0 aliphatic carbocycles. The summed E-state index contributed by atoms with van der Waals surface area (Å²) in [7, 11) is 1.67. The molecule has 0 aromatic heterocycles.